The van der Waals surface area contributed by atoms with Gasteiger partial charge < -0.3 is 34.6 Å². The van der Waals surface area contributed by atoms with Crippen LogP contribution in [0.3, 0.4) is 0 Å². The summed E-state index contributed by atoms with van der Waals surface area (Å²) in [6.07, 6.45) is 4.25. The number of thiazole rings is 1. The summed E-state index contributed by atoms with van der Waals surface area (Å²) in [5.74, 6) is -3.68. The van der Waals surface area contributed by atoms with Crippen molar-refractivity contribution in [2.24, 2.45) is 11.8 Å². The van der Waals surface area contributed by atoms with Crippen molar-refractivity contribution in [2.75, 3.05) is 32.1 Å². The molecule has 350 valence electrons. The lowest BCUT2D eigenvalue weighted by Crippen LogP contribution is -2.47. The molecule has 2 aromatic heterocycles. The van der Waals surface area contributed by atoms with Crippen LogP contribution in [-0.4, -0.2) is 93.6 Å². The van der Waals surface area contributed by atoms with Crippen LogP contribution < -0.4 is 20.1 Å². The maximum absolute atomic E-state index is 15.0. The molecule has 4 heterocycles. The van der Waals surface area contributed by atoms with Gasteiger partial charge in [0.25, 0.3) is 0 Å². The number of methoxy groups -OCH3 is 1. The lowest BCUT2D eigenvalue weighted by atomic mass is 9.99. The number of pyridine rings is 1. The zero-order valence-corrected chi connectivity index (χ0v) is 39.4. The third kappa shape index (κ3) is 10.4. The van der Waals surface area contributed by atoms with Crippen molar-refractivity contribution in [1.82, 2.24) is 20.2 Å². The molecule has 0 radical (unpaired) electrons. The summed E-state index contributed by atoms with van der Waals surface area (Å²) in [5.41, 5.74) is 0.942. The van der Waals surface area contributed by atoms with Crippen LogP contribution in [0, 0.1) is 23.5 Å². The van der Waals surface area contributed by atoms with Gasteiger partial charge in [-0.3, -0.25) is 18.9 Å². The van der Waals surface area contributed by atoms with E-state index < -0.39 is 71.6 Å². The van der Waals surface area contributed by atoms with E-state index >= 15 is 0 Å². The van der Waals surface area contributed by atoms with Gasteiger partial charge in [-0.05, 0) is 95.5 Å². The fraction of sp³-hybridized carbons (Fsp3) is 0.553. The molecule has 2 aliphatic heterocycles. The maximum Gasteiger partial charge on any atom is 0.306 e. The zero-order chi connectivity index (χ0) is 46.0. The lowest BCUT2D eigenvalue weighted by Gasteiger charge is -2.30. The lowest BCUT2D eigenvalue weighted by molar-refractivity contribution is -0.153. The molecule has 18 heteroatoms. The first-order valence-corrected chi connectivity index (χ1v) is 25.8. The third-order valence-electron chi connectivity index (χ3n) is 13.4. The summed E-state index contributed by atoms with van der Waals surface area (Å²) in [7, 11) is -2.94. The number of rotatable bonds is 12. The number of nitrogens with zero attached hydrogens (tertiary/aromatic N) is 3. The molecule has 8 rings (SSSR count). The fourth-order valence-electron chi connectivity index (χ4n) is 9.91. The first-order chi connectivity index (χ1) is 31.2. The van der Waals surface area contributed by atoms with Gasteiger partial charge in [-0.2, -0.15) is 0 Å². The number of hydrogen-bond acceptors (Lipinski definition) is 12. The van der Waals surface area contributed by atoms with Gasteiger partial charge in [-0.1, -0.05) is 30.5 Å². The molecule has 6 atom stereocenters. The smallest absolute Gasteiger partial charge is 0.306 e. The van der Waals surface area contributed by atoms with Crippen molar-refractivity contribution in [3.05, 3.63) is 64.0 Å². The Bertz CT molecular complexity index is 2450. The number of carbonyl (C=O) groups excluding carboxylic acids is 3. The van der Waals surface area contributed by atoms with Crippen molar-refractivity contribution in [2.45, 2.75) is 127 Å². The van der Waals surface area contributed by atoms with Crippen LogP contribution >= 0.6 is 30.3 Å². The van der Waals surface area contributed by atoms with Gasteiger partial charge in [0.2, 0.25) is 13.3 Å². The van der Waals surface area contributed by atoms with E-state index in [9.17, 15) is 32.6 Å². The zero-order valence-electron chi connectivity index (χ0n) is 37.0. The fourth-order valence-corrected chi connectivity index (χ4v) is 13.7. The Morgan fingerprint density at radius 3 is 2.54 bits per heavy atom. The first kappa shape index (κ1) is 47.3. The average Bonchev–Trinajstić information content (AvgIpc) is 3.68. The predicted octanol–water partition coefficient (Wildman–Crippen LogP) is 9.31. The largest absolute Gasteiger partial charge is 0.495 e. The highest BCUT2D eigenvalue weighted by atomic mass is 35.5. The number of benzene rings is 2. The van der Waals surface area contributed by atoms with E-state index in [1.54, 1.807) is 18.2 Å². The molecule has 4 aromatic rings. The number of nitrogens with one attached hydrogen (secondary N) is 2. The van der Waals surface area contributed by atoms with Gasteiger partial charge in [-0.15, -0.1) is 11.3 Å². The van der Waals surface area contributed by atoms with Gasteiger partial charge in [0, 0.05) is 47.8 Å². The Morgan fingerprint density at radius 1 is 1.05 bits per heavy atom. The molecule has 3 N–H and O–H groups in total. The topological polar surface area (TPSA) is 169 Å². The van der Waals surface area contributed by atoms with Gasteiger partial charge >= 0.3 is 5.97 Å². The van der Waals surface area contributed by atoms with Crippen LogP contribution in [0.5, 0.6) is 11.5 Å². The van der Waals surface area contributed by atoms with E-state index in [2.05, 4.69) is 10.6 Å². The van der Waals surface area contributed by atoms with Crippen molar-refractivity contribution in [3.8, 4) is 22.9 Å². The molecule has 0 spiro atoms. The van der Waals surface area contributed by atoms with E-state index in [0.717, 1.165) is 50.7 Å². The number of ether oxygens (including phenoxy) is 3. The van der Waals surface area contributed by atoms with Crippen LogP contribution in [0.15, 0.2) is 41.8 Å². The Kier molecular flexibility index (Phi) is 14.5. The second-order valence-electron chi connectivity index (χ2n) is 18.4. The molecular formula is C47H57ClF2N5O8PS. The second-order valence-corrected chi connectivity index (χ2v) is 22.2. The van der Waals surface area contributed by atoms with E-state index in [4.69, 9.17) is 35.8 Å². The molecule has 13 nitrogen and oxygen atoms in total. The summed E-state index contributed by atoms with van der Waals surface area (Å²) < 4.78 is 62.7. The summed E-state index contributed by atoms with van der Waals surface area (Å²) in [4.78, 5) is 66.3. The number of aromatic nitrogens is 2. The number of hydrogen-bond donors (Lipinski definition) is 3. The SMILES string of the molecule is COc1ccc2c(O[C@@H]3C[C@H]4C(=O)C[C@]5(P(=O)(O)Cc6c(F)cccc6F)C[C@@H]5CCCCCNC[C@H](CC(=O)OC5CCCC5)C(=O)N4C3)cc(-c3csc(NC(C)C)n3)nc2c1Cl. The summed E-state index contributed by atoms with van der Waals surface area (Å²) >= 11 is 8.30. The predicted molar refractivity (Wildman–Crippen MR) is 246 cm³/mol. The number of fused-ring (bicyclic) bond motifs is 3. The van der Waals surface area contributed by atoms with Crippen molar-refractivity contribution >= 4 is 64.0 Å². The summed E-state index contributed by atoms with van der Waals surface area (Å²) in [6.45, 7) is 4.72. The first-order valence-electron chi connectivity index (χ1n) is 22.7. The number of esters is 1. The molecule has 65 heavy (non-hydrogen) atoms. The maximum atomic E-state index is 15.0. The molecule has 0 bridgehead atoms. The normalized spacial score (nSPS) is 25.4. The Labute approximate surface area is 386 Å². The highest BCUT2D eigenvalue weighted by Crippen LogP contribution is 2.75. The van der Waals surface area contributed by atoms with E-state index in [0.29, 0.717) is 58.3 Å². The second kappa shape index (κ2) is 19.9. The molecular weight excluding hydrogens is 899 g/mol. The van der Waals surface area contributed by atoms with Crippen molar-refractivity contribution in [1.29, 1.82) is 0 Å². The van der Waals surface area contributed by atoms with Crippen LogP contribution in [-0.2, 0) is 29.8 Å². The molecule has 2 saturated heterocycles. The third-order valence-corrected chi connectivity index (χ3v) is 17.4. The molecule has 4 aliphatic rings. The van der Waals surface area contributed by atoms with Crippen LogP contribution in [0.25, 0.3) is 22.3 Å². The molecule has 2 aliphatic carbocycles. The standard InChI is InChI=1S/C47H57ClF2N5O8PS/c1-27(2)52-46-54-37(26-65-46)36-20-41(32-15-16-40(61-3)43(48)44(32)53-36)62-31-19-38-39(56)22-47(64(59,60)25-33-34(49)13-9-14-35(33)50)21-29(47)10-5-4-8-17-51-23-28(45(58)55(38)24-31)18-42(57)63-30-11-6-7-12-30/h9,13-16,20,26-31,38,51H,4-8,10-12,17-19,21-25H2,1-3H3,(H,52,54)(H,59,60)/t28-,29-,31+,38-,47+/m0/s1. The van der Waals surface area contributed by atoms with Crippen LogP contribution in [0.1, 0.15) is 96.5 Å². The number of amides is 1. The minimum atomic E-state index is -4.45. The Morgan fingerprint density at radius 2 is 1.80 bits per heavy atom. The molecule has 1 unspecified atom stereocenters. The van der Waals surface area contributed by atoms with Gasteiger partial charge in [-0.25, -0.2) is 18.7 Å². The van der Waals surface area contributed by atoms with Crippen LogP contribution in [0.2, 0.25) is 5.02 Å². The molecule has 4 fully saturated rings. The van der Waals surface area contributed by atoms with Gasteiger partial charge in [0.05, 0.1) is 54.6 Å². The number of Topliss-reactive ketones (excluding diaryl/α,β-unsaturated/α-hetero) is 1. The number of halogens is 3. The number of carbonyl (C=O) groups is 3. The van der Waals surface area contributed by atoms with Gasteiger partial charge in [0.1, 0.15) is 46.1 Å². The monoisotopic (exact) mass is 955 g/mol. The summed E-state index contributed by atoms with van der Waals surface area (Å²) in [6, 6.07) is 7.56. The van der Waals surface area contributed by atoms with Crippen LogP contribution in [0.4, 0.5) is 13.9 Å². The minimum absolute atomic E-state index is 0.0256. The van der Waals surface area contributed by atoms with Crippen molar-refractivity contribution in [3.63, 3.8) is 0 Å². The quantitative estimate of drug-likeness (QED) is 0.0911. The Balaban J connectivity index is 1.14. The highest BCUT2D eigenvalue weighted by molar-refractivity contribution is 7.59. The molecule has 2 aromatic carbocycles. The molecule has 1 amide bonds. The average molecular weight is 956 g/mol. The van der Waals surface area contributed by atoms with Crippen molar-refractivity contribution < 1.29 is 46.8 Å². The van der Waals surface area contributed by atoms with Gasteiger partial charge in [0.15, 0.2) is 10.9 Å². The Hall–Kier alpha value is -4.21. The number of ketones is 1. The van der Waals surface area contributed by atoms with E-state index in [1.807, 2.05) is 19.2 Å². The minimum Gasteiger partial charge on any atom is -0.495 e. The summed E-state index contributed by atoms with van der Waals surface area (Å²) in [5, 5.41) is 8.62. The number of anilines is 1. The highest BCUT2D eigenvalue weighted by Gasteiger charge is 2.66. The van der Waals surface area contributed by atoms with E-state index in [1.165, 1.54) is 29.4 Å². The molecule has 2 saturated carbocycles. The van der Waals surface area contributed by atoms with E-state index in [-0.39, 0.29) is 61.9 Å².